The Kier molecular flexibility index (Phi) is 5.63. The molecule has 5 aromatic rings. The lowest BCUT2D eigenvalue weighted by Gasteiger charge is -2.14. The van der Waals surface area contributed by atoms with Crippen LogP contribution in [-0.2, 0) is 6.18 Å². The number of carbonyl (C=O) groups excluding carboxylic acids is 1. The van der Waals surface area contributed by atoms with Gasteiger partial charge in [0.05, 0.1) is 46.7 Å². The van der Waals surface area contributed by atoms with Gasteiger partial charge in [-0.3, -0.25) is 9.78 Å². The molecule has 2 aromatic carbocycles. The molecule has 36 heavy (non-hydrogen) atoms. The van der Waals surface area contributed by atoms with E-state index in [1.807, 2.05) is 0 Å². The SMILES string of the molecule is O=C(Nc1cc(Cl)c(-n2nccn2)cc1F)c1cnn(-c2cncc3c(F)cccc23)c1C(F)(F)F. The highest BCUT2D eigenvalue weighted by molar-refractivity contribution is 6.32. The summed E-state index contributed by atoms with van der Waals surface area (Å²) < 4.78 is 71.6. The average Bonchev–Trinajstić information content (AvgIpc) is 3.51. The number of amides is 1. The topological polar surface area (TPSA) is 90.5 Å². The van der Waals surface area contributed by atoms with Crippen molar-refractivity contribution in [3.8, 4) is 11.4 Å². The van der Waals surface area contributed by atoms with Crippen molar-refractivity contribution in [2.24, 2.45) is 0 Å². The summed E-state index contributed by atoms with van der Waals surface area (Å²) in [6.45, 7) is 0. The maximum absolute atomic E-state index is 14.7. The van der Waals surface area contributed by atoms with Crippen LogP contribution in [0, 0.1) is 11.6 Å². The number of rotatable bonds is 4. The zero-order valence-corrected chi connectivity index (χ0v) is 18.4. The van der Waals surface area contributed by atoms with Crippen molar-refractivity contribution in [2.75, 3.05) is 5.32 Å². The van der Waals surface area contributed by atoms with E-state index >= 15 is 0 Å². The summed E-state index contributed by atoms with van der Waals surface area (Å²) >= 11 is 6.13. The minimum Gasteiger partial charge on any atom is -0.319 e. The van der Waals surface area contributed by atoms with Crippen LogP contribution in [0.5, 0.6) is 0 Å². The van der Waals surface area contributed by atoms with E-state index in [-0.39, 0.29) is 27.2 Å². The second kappa shape index (κ2) is 8.68. The first-order valence-electron chi connectivity index (χ1n) is 10.00. The van der Waals surface area contributed by atoms with Gasteiger partial charge >= 0.3 is 6.18 Å². The van der Waals surface area contributed by atoms with E-state index in [0.29, 0.717) is 10.9 Å². The number of fused-ring (bicyclic) bond motifs is 1. The van der Waals surface area contributed by atoms with Crippen LogP contribution in [0.25, 0.3) is 22.1 Å². The van der Waals surface area contributed by atoms with Crippen LogP contribution in [0.15, 0.2) is 61.3 Å². The molecular formula is C22H11ClF5N7O. The van der Waals surface area contributed by atoms with E-state index in [9.17, 15) is 26.7 Å². The molecule has 0 fully saturated rings. The summed E-state index contributed by atoms with van der Waals surface area (Å²) in [6.07, 6.45) is 0.503. The summed E-state index contributed by atoms with van der Waals surface area (Å²) in [5, 5.41) is 13.4. The quantitative estimate of drug-likeness (QED) is 0.329. The summed E-state index contributed by atoms with van der Waals surface area (Å²) in [5.74, 6) is -2.98. The van der Waals surface area contributed by atoms with E-state index in [4.69, 9.17) is 11.6 Å². The molecule has 182 valence electrons. The molecule has 5 rings (SSSR count). The molecule has 0 atom stereocenters. The van der Waals surface area contributed by atoms with Gasteiger partial charge in [-0.25, -0.2) is 13.5 Å². The second-order valence-electron chi connectivity index (χ2n) is 7.37. The fraction of sp³-hybridized carbons (Fsp3) is 0.0455. The standard InChI is InChI=1S/C22H11ClF5N7O/c23-14-6-17(16(25)7-18(14)35-30-4-5-31-35)33-21(36)13-9-32-34(20(13)22(26,27)28)19-10-29-8-12-11(19)2-1-3-15(12)24/h1-10H,(H,33,36). The lowest BCUT2D eigenvalue weighted by atomic mass is 10.1. The van der Waals surface area contributed by atoms with Crippen LogP contribution < -0.4 is 5.32 Å². The van der Waals surface area contributed by atoms with Crippen LogP contribution in [0.2, 0.25) is 5.02 Å². The number of hydrogen-bond donors (Lipinski definition) is 1. The van der Waals surface area contributed by atoms with Gasteiger partial charge < -0.3 is 5.32 Å². The molecule has 1 amide bonds. The molecule has 0 aliphatic rings. The van der Waals surface area contributed by atoms with E-state index in [0.717, 1.165) is 35.4 Å². The number of nitrogens with zero attached hydrogens (tertiary/aromatic N) is 6. The van der Waals surface area contributed by atoms with Gasteiger partial charge in [-0.05, 0) is 12.1 Å². The number of carbonyl (C=O) groups is 1. The van der Waals surface area contributed by atoms with Gasteiger partial charge in [0.25, 0.3) is 5.91 Å². The molecule has 0 saturated heterocycles. The Morgan fingerprint density at radius 3 is 2.39 bits per heavy atom. The molecule has 0 aliphatic carbocycles. The van der Waals surface area contributed by atoms with Gasteiger partial charge in [-0.15, -0.1) is 4.80 Å². The number of nitrogens with one attached hydrogen (secondary N) is 1. The van der Waals surface area contributed by atoms with Crippen molar-refractivity contribution in [2.45, 2.75) is 6.18 Å². The maximum Gasteiger partial charge on any atom is 0.434 e. The van der Waals surface area contributed by atoms with Crippen molar-refractivity contribution in [3.05, 3.63) is 89.2 Å². The van der Waals surface area contributed by atoms with Crippen LogP contribution >= 0.6 is 11.6 Å². The Morgan fingerprint density at radius 2 is 1.67 bits per heavy atom. The Morgan fingerprint density at radius 1 is 0.917 bits per heavy atom. The van der Waals surface area contributed by atoms with E-state index < -0.39 is 40.7 Å². The minimum absolute atomic E-state index is 0.0342. The number of anilines is 1. The van der Waals surface area contributed by atoms with Crippen LogP contribution in [0.4, 0.5) is 27.6 Å². The molecule has 3 aromatic heterocycles. The predicted octanol–water partition coefficient (Wildman–Crippen LogP) is 5.20. The summed E-state index contributed by atoms with van der Waals surface area (Å²) in [6, 6.07) is 5.78. The van der Waals surface area contributed by atoms with Gasteiger partial charge in [0.15, 0.2) is 5.69 Å². The van der Waals surface area contributed by atoms with Gasteiger partial charge in [-0.1, -0.05) is 23.7 Å². The molecular weight excluding hydrogens is 509 g/mol. The molecule has 0 bridgehead atoms. The number of hydrogen-bond acceptors (Lipinski definition) is 5. The third-order valence-electron chi connectivity index (χ3n) is 5.16. The first-order valence-corrected chi connectivity index (χ1v) is 10.4. The molecule has 14 heteroatoms. The minimum atomic E-state index is -5.07. The highest BCUT2D eigenvalue weighted by atomic mass is 35.5. The highest BCUT2D eigenvalue weighted by Gasteiger charge is 2.41. The zero-order valence-electron chi connectivity index (χ0n) is 17.6. The number of alkyl halides is 3. The number of aromatic nitrogens is 6. The fourth-order valence-electron chi connectivity index (χ4n) is 3.60. The summed E-state index contributed by atoms with van der Waals surface area (Å²) in [4.78, 5) is 17.7. The first kappa shape index (κ1) is 23.4. The smallest absolute Gasteiger partial charge is 0.319 e. The number of benzene rings is 2. The summed E-state index contributed by atoms with van der Waals surface area (Å²) in [7, 11) is 0. The van der Waals surface area contributed by atoms with Crippen molar-refractivity contribution in [1.29, 1.82) is 0 Å². The largest absolute Gasteiger partial charge is 0.434 e. The highest BCUT2D eigenvalue weighted by Crippen LogP contribution is 2.36. The second-order valence-corrected chi connectivity index (χ2v) is 7.77. The first-order chi connectivity index (χ1) is 17.1. The predicted molar refractivity (Wildman–Crippen MR) is 118 cm³/mol. The average molecular weight is 520 g/mol. The van der Waals surface area contributed by atoms with Crippen molar-refractivity contribution in [3.63, 3.8) is 0 Å². The monoisotopic (exact) mass is 519 g/mol. The van der Waals surface area contributed by atoms with Gasteiger partial charge in [-0.2, -0.15) is 28.5 Å². The van der Waals surface area contributed by atoms with E-state index in [1.165, 1.54) is 24.5 Å². The van der Waals surface area contributed by atoms with E-state index in [1.54, 1.807) is 0 Å². The molecule has 8 nitrogen and oxygen atoms in total. The molecule has 0 aliphatic heterocycles. The van der Waals surface area contributed by atoms with Gasteiger partial charge in [0.1, 0.15) is 17.3 Å². The normalized spacial score (nSPS) is 11.7. The van der Waals surface area contributed by atoms with Gasteiger partial charge in [0, 0.05) is 23.0 Å². The van der Waals surface area contributed by atoms with Crippen LogP contribution in [0.3, 0.4) is 0 Å². The lowest BCUT2D eigenvalue weighted by molar-refractivity contribution is -0.143. The number of halogens is 6. The molecule has 0 saturated carbocycles. The lowest BCUT2D eigenvalue weighted by Crippen LogP contribution is -2.21. The Labute approximate surface area is 202 Å². The molecule has 1 N–H and O–H groups in total. The van der Waals surface area contributed by atoms with Crippen molar-refractivity contribution >= 4 is 34.0 Å². The van der Waals surface area contributed by atoms with Crippen LogP contribution in [0.1, 0.15) is 16.1 Å². The third-order valence-corrected chi connectivity index (χ3v) is 5.46. The number of pyridine rings is 1. The zero-order chi connectivity index (χ0) is 25.6. The van der Waals surface area contributed by atoms with Crippen molar-refractivity contribution < 1.29 is 26.7 Å². The Bertz CT molecular complexity index is 1620. The third kappa shape index (κ3) is 4.02. The Hall–Kier alpha value is -4.39. The van der Waals surface area contributed by atoms with Crippen LogP contribution in [-0.4, -0.2) is 35.7 Å². The Balaban J connectivity index is 1.57. The molecule has 0 spiro atoms. The maximum atomic E-state index is 14.7. The fourth-order valence-corrected chi connectivity index (χ4v) is 3.84. The summed E-state index contributed by atoms with van der Waals surface area (Å²) in [5.41, 5.74) is -2.98. The molecule has 3 heterocycles. The molecule has 0 radical (unpaired) electrons. The van der Waals surface area contributed by atoms with E-state index in [2.05, 4.69) is 25.6 Å². The molecule has 0 unspecified atom stereocenters. The van der Waals surface area contributed by atoms with Gasteiger partial charge in [0.2, 0.25) is 0 Å². The van der Waals surface area contributed by atoms with Crippen molar-refractivity contribution in [1.82, 2.24) is 29.8 Å².